The van der Waals surface area contributed by atoms with Crippen molar-refractivity contribution in [2.24, 2.45) is 4.36 Å². The number of nitriles is 1. The average molecular weight is 545 g/mol. The van der Waals surface area contributed by atoms with Crippen LogP contribution in [0.3, 0.4) is 0 Å². The fraction of sp³-hybridized carbons (Fsp3) is 0.345. The lowest BCUT2D eigenvalue weighted by molar-refractivity contribution is 0.0283. The first-order valence-electron chi connectivity index (χ1n) is 12.9. The summed E-state index contributed by atoms with van der Waals surface area (Å²) in [5.74, 6) is 1.39. The molecule has 10 heteroatoms. The van der Waals surface area contributed by atoms with Crippen molar-refractivity contribution in [1.82, 2.24) is 14.6 Å². The van der Waals surface area contributed by atoms with E-state index in [0.29, 0.717) is 16.8 Å². The summed E-state index contributed by atoms with van der Waals surface area (Å²) < 4.78 is 25.3. The Hall–Kier alpha value is -3.94. The van der Waals surface area contributed by atoms with Crippen LogP contribution in [0.2, 0.25) is 0 Å². The van der Waals surface area contributed by atoms with Crippen LogP contribution in [0.4, 0.5) is 5.82 Å². The van der Waals surface area contributed by atoms with Crippen LogP contribution in [-0.2, 0) is 9.73 Å². The molecule has 202 valence electrons. The summed E-state index contributed by atoms with van der Waals surface area (Å²) in [6, 6.07) is 17.5. The van der Waals surface area contributed by atoms with Gasteiger partial charge in [-0.1, -0.05) is 18.2 Å². The van der Waals surface area contributed by atoms with Crippen molar-refractivity contribution < 1.29 is 14.1 Å². The lowest BCUT2D eigenvalue weighted by atomic mass is 10.0. The number of anilines is 1. The van der Waals surface area contributed by atoms with E-state index < -0.39 is 15.3 Å². The molecule has 1 N–H and O–H groups in total. The molecule has 3 aromatic heterocycles. The van der Waals surface area contributed by atoms with Crippen molar-refractivity contribution in [1.29, 1.82) is 5.26 Å². The first-order valence-corrected chi connectivity index (χ1v) is 14.8. The molecule has 4 aromatic rings. The van der Waals surface area contributed by atoms with E-state index in [1.54, 1.807) is 37.0 Å². The van der Waals surface area contributed by atoms with Gasteiger partial charge in [-0.25, -0.2) is 18.1 Å². The molecule has 1 unspecified atom stereocenters. The van der Waals surface area contributed by atoms with Gasteiger partial charge in [0.05, 0.1) is 44.8 Å². The first kappa shape index (κ1) is 26.7. The summed E-state index contributed by atoms with van der Waals surface area (Å²) >= 11 is 0. The Morgan fingerprint density at radius 1 is 1.18 bits per heavy atom. The molecule has 5 rings (SSSR count). The number of ether oxygens (including phenoxy) is 1. The molecule has 4 heterocycles. The van der Waals surface area contributed by atoms with Crippen molar-refractivity contribution in [3.63, 3.8) is 0 Å². The highest BCUT2D eigenvalue weighted by molar-refractivity contribution is 7.93. The molecule has 1 aliphatic rings. The van der Waals surface area contributed by atoms with Crippen molar-refractivity contribution in [3.05, 3.63) is 72.7 Å². The molecule has 0 bridgehead atoms. The van der Waals surface area contributed by atoms with Gasteiger partial charge in [0.2, 0.25) is 0 Å². The van der Waals surface area contributed by atoms with Gasteiger partial charge in [0, 0.05) is 41.6 Å². The van der Waals surface area contributed by atoms with Crippen LogP contribution in [-0.4, -0.2) is 61.5 Å². The number of aromatic nitrogens is 3. The Bertz CT molecular complexity index is 1620. The van der Waals surface area contributed by atoms with Gasteiger partial charge in [-0.05, 0) is 57.0 Å². The largest absolute Gasteiger partial charge is 0.489 e. The van der Waals surface area contributed by atoms with Crippen molar-refractivity contribution in [2.45, 2.75) is 43.2 Å². The summed E-state index contributed by atoms with van der Waals surface area (Å²) in [5.41, 5.74) is 1.74. The first-order chi connectivity index (χ1) is 18.6. The number of fused-ring (bicyclic) bond motifs is 1. The highest BCUT2D eigenvalue weighted by Crippen LogP contribution is 2.32. The fourth-order valence-corrected chi connectivity index (χ4v) is 6.25. The number of hydrogen-bond acceptors (Lipinski definition) is 8. The minimum atomic E-state index is -2.43. The maximum Gasteiger partial charge on any atom is 0.138 e. The summed E-state index contributed by atoms with van der Waals surface area (Å²) in [4.78, 5) is 7.72. The number of benzene rings is 1. The van der Waals surface area contributed by atoms with E-state index in [2.05, 4.69) is 16.1 Å². The van der Waals surface area contributed by atoms with Gasteiger partial charge >= 0.3 is 0 Å². The molecule has 1 atom stereocenters. The predicted octanol–water partition coefficient (Wildman–Crippen LogP) is 4.54. The number of piperidine rings is 1. The molecular weight excluding hydrogens is 512 g/mol. The SMILES string of the molecule is CC(C)(O)COc1cc(-c2ccc(N3CCC(N=S(C)(=O)c4ccccc4)CC3)nc2)c2c(C#N)cnn2c1. The zero-order valence-corrected chi connectivity index (χ0v) is 23.1. The molecule has 1 aliphatic heterocycles. The molecule has 9 nitrogen and oxygen atoms in total. The van der Waals surface area contributed by atoms with Gasteiger partial charge in [-0.2, -0.15) is 10.4 Å². The number of pyridine rings is 2. The lowest BCUT2D eigenvalue weighted by Crippen LogP contribution is -2.36. The Labute approximate surface area is 228 Å². The second-order valence-corrected chi connectivity index (χ2v) is 12.8. The summed E-state index contributed by atoms with van der Waals surface area (Å²) in [7, 11) is -2.43. The van der Waals surface area contributed by atoms with Crippen LogP contribution >= 0.6 is 0 Å². The number of hydrogen-bond donors (Lipinski definition) is 1. The molecule has 1 fully saturated rings. The minimum Gasteiger partial charge on any atom is -0.489 e. The van der Waals surface area contributed by atoms with E-state index >= 15 is 0 Å². The van der Waals surface area contributed by atoms with E-state index in [1.807, 2.05) is 48.5 Å². The second kappa shape index (κ2) is 10.7. The predicted molar refractivity (Wildman–Crippen MR) is 151 cm³/mol. The Balaban J connectivity index is 1.34. The minimum absolute atomic E-state index is 0.0458. The smallest absolute Gasteiger partial charge is 0.138 e. The van der Waals surface area contributed by atoms with Crippen LogP contribution in [0.5, 0.6) is 5.75 Å². The van der Waals surface area contributed by atoms with Crippen LogP contribution in [0.25, 0.3) is 16.6 Å². The zero-order valence-electron chi connectivity index (χ0n) is 22.3. The van der Waals surface area contributed by atoms with E-state index in [-0.39, 0.29) is 12.6 Å². The number of rotatable bonds is 7. The fourth-order valence-electron chi connectivity index (χ4n) is 4.69. The van der Waals surface area contributed by atoms with E-state index in [0.717, 1.165) is 47.8 Å². The summed E-state index contributed by atoms with van der Waals surface area (Å²) in [5, 5.41) is 24.0. The van der Waals surface area contributed by atoms with Crippen LogP contribution in [0.1, 0.15) is 32.3 Å². The standard InChI is InChI=1S/C29H32N6O3S/c1-29(2,36)20-38-24-15-26(28-22(16-30)18-32-35(28)19-24)21-9-10-27(31-17-21)34-13-11-23(12-14-34)33-39(3,37)25-7-5-4-6-8-25/h4-10,15,17-19,23,36H,11-14,20H2,1-3H3. The molecule has 1 aromatic carbocycles. The monoisotopic (exact) mass is 544 g/mol. The maximum absolute atomic E-state index is 13.2. The van der Waals surface area contributed by atoms with Crippen molar-refractivity contribution in [3.8, 4) is 22.9 Å². The van der Waals surface area contributed by atoms with Crippen LogP contribution < -0.4 is 9.64 Å². The van der Waals surface area contributed by atoms with Gasteiger partial charge in [-0.15, -0.1) is 0 Å². The van der Waals surface area contributed by atoms with Crippen LogP contribution in [0, 0.1) is 11.3 Å². The zero-order chi connectivity index (χ0) is 27.6. The molecule has 0 spiro atoms. The van der Waals surface area contributed by atoms with Crippen LogP contribution in [0.15, 0.2) is 76.4 Å². The molecule has 0 saturated carbocycles. The molecule has 0 radical (unpaired) electrons. The highest BCUT2D eigenvalue weighted by Gasteiger charge is 2.22. The third-order valence-corrected chi connectivity index (χ3v) is 8.52. The van der Waals surface area contributed by atoms with Gasteiger partial charge in [0.15, 0.2) is 0 Å². The Morgan fingerprint density at radius 3 is 2.56 bits per heavy atom. The highest BCUT2D eigenvalue weighted by atomic mass is 32.2. The third kappa shape index (κ3) is 6.05. The molecule has 0 amide bonds. The van der Waals surface area contributed by atoms with E-state index in [9.17, 15) is 14.6 Å². The quantitative estimate of drug-likeness (QED) is 0.363. The van der Waals surface area contributed by atoms with Gasteiger partial charge in [0.1, 0.15) is 24.2 Å². The topological polar surface area (TPSA) is 116 Å². The van der Waals surface area contributed by atoms with Crippen molar-refractivity contribution in [2.75, 3.05) is 30.9 Å². The van der Waals surface area contributed by atoms with Crippen molar-refractivity contribution >= 4 is 21.1 Å². The normalized spacial score (nSPS) is 16.0. The Kier molecular flexibility index (Phi) is 7.30. The number of nitrogens with zero attached hydrogens (tertiary/aromatic N) is 6. The van der Waals surface area contributed by atoms with Gasteiger partial charge in [0.25, 0.3) is 0 Å². The van der Waals surface area contributed by atoms with Gasteiger partial charge in [-0.3, -0.25) is 0 Å². The molecule has 0 aliphatic carbocycles. The molecule has 39 heavy (non-hydrogen) atoms. The molecular formula is C29H32N6O3S. The average Bonchev–Trinajstić information content (AvgIpc) is 3.35. The molecule has 1 saturated heterocycles. The third-order valence-electron chi connectivity index (χ3n) is 6.68. The second-order valence-electron chi connectivity index (χ2n) is 10.5. The Morgan fingerprint density at radius 2 is 1.92 bits per heavy atom. The maximum atomic E-state index is 13.2. The number of aliphatic hydroxyl groups is 1. The van der Waals surface area contributed by atoms with E-state index in [4.69, 9.17) is 14.1 Å². The van der Waals surface area contributed by atoms with Gasteiger partial charge < -0.3 is 14.7 Å². The van der Waals surface area contributed by atoms with E-state index in [1.165, 1.54) is 6.20 Å². The summed E-state index contributed by atoms with van der Waals surface area (Å²) in [6.45, 7) is 5.02. The lowest BCUT2D eigenvalue weighted by Gasteiger charge is -2.31. The summed E-state index contributed by atoms with van der Waals surface area (Å²) in [6.07, 6.45) is 8.36.